The zero-order valence-electron chi connectivity index (χ0n) is 17.0. The lowest BCUT2D eigenvalue weighted by Crippen LogP contribution is -2.44. The minimum absolute atomic E-state index is 0.0746. The molecule has 1 unspecified atom stereocenters. The van der Waals surface area contributed by atoms with Crippen LogP contribution in [-0.2, 0) is 11.0 Å². The number of amides is 2. The number of hydrogen-bond acceptors (Lipinski definition) is 4. The minimum Gasteiger partial charge on any atom is -0.479 e. The van der Waals surface area contributed by atoms with E-state index >= 15 is 0 Å². The number of nitriles is 1. The first-order valence-electron chi connectivity index (χ1n) is 9.52. The predicted octanol–water partition coefficient (Wildman–Crippen LogP) is 3.53. The van der Waals surface area contributed by atoms with E-state index in [2.05, 4.69) is 10.6 Å². The molecule has 0 aromatic heterocycles. The summed E-state index contributed by atoms with van der Waals surface area (Å²) >= 11 is 0. The van der Waals surface area contributed by atoms with Gasteiger partial charge in [-0.1, -0.05) is 26.0 Å². The maximum atomic E-state index is 12.6. The third-order valence-corrected chi connectivity index (χ3v) is 4.31. The maximum absolute atomic E-state index is 12.6. The molecule has 0 heterocycles. The van der Waals surface area contributed by atoms with E-state index in [1.165, 1.54) is 0 Å². The summed E-state index contributed by atoms with van der Waals surface area (Å²) in [6.45, 7) is 3.76. The van der Waals surface area contributed by atoms with E-state index in [1.54, 1.807) is 38.1 Å². The highest BCUT2D eigenvalue weighted by Crippen LogP contribution is 2.29. The van der Waals surface area contributed by atoms with Crippen LogP contribution in [0.25, 0.3) is 0 Å². The molecule has 0 saturated heterocycles. The predicted molar refractivity (Wildman–Crippen MR) is 107 cm³/mol. The van der Waals surface area contributed by atoms with Crippen molar-refractivity contribution >= 4 is 11.8 Å². The lowest BCUT2D eigenvalue weighted by atomic mass is 10.1. The van der Waals surface area contributed by atoms with Crippen LogP contribution < -0.4 is 15.4 Å². The van der Waals surface area contributed by atoms with Gasteiger partial charge in [-0.2, -0.15) is 18.4 Å². The fourth-order valence-electron chi connectivity index (χ4n) is 2.67. The Hall–Kier alpha value is -3.54. The van der Waals surface area contributed by atoms with Crippen molar-refractivity contribution in [3.05, 3.63) is 65.2 Å². The van der Waals surface area contributed by atoms with Gasteiger partial charge in [0.25, 0.3) is 11.8 Å². The maximum Gasteiger partial charge on any atom is 0.416 e. The van der Waals surface area contributed by atoms with Crippen molar-refractivity contribution in [3.8, 4) is 11.8 Å². The van der Waals surface area contributed by atoms with Crippen LogP contribution in [0.15, 0.2) is 48.5 Å². The van der Waals surface area contributed by atoms with Gasteiger partial charge in [0.1, 0.15) is 11.8 Å². The summed E-state index contributed by atoms with van der Waals surface area (Å²) in [5, 5.41) is 14.3. The number of carbonyl (C=O) groups excluding carboxylic acids is 2. The monoisotopic (exact) mass is 433 g/mol. The molecule has 2 aromatic carbocycles. The molecule has 2 amide bonds. The molecule has 0 spiro atoms. The van der Waals surface area contributed by atoms with Gasteiger partial charge in [0.2, 0.25) is 0 Å². The molecule has 6 nitrogen and oxygen atoms in total. The summed E-state index contributed by atoms with van der Waals surface area (Å²) in [5.74, 6) is -0.850. The molecule has 0 saturated carbocycles. The Kier molecular flexibility index (Phi) is 8.02. The first-order chi connectivity index (χ1) is 14.6. The van der Waals surface area contributed by atoms with Crippen molar-refractivity contribution < 1.29 is 27.5 Å². The van der Waals surface area contributed by atoms with E-state index in [0.717, 1.165) is 24.3 Å². The highest BCUT2D eigenvalue weighted by molar-refractivity contribution is 5.94. The van der Waals surface area contributed by atoms with Crippen LogP contribution in [-0.4, -0.2) is 31.0 Å². The fraction of sp³-hybridized carbons (Fsp3) is 0.318. The largest absolute Gasteiger partial charge is 0.479 e. The molecular weight excluding hydrogens is 411 g/mol. The topological polar surface area (TPSA) is 91.2 Å². The second kappa shape index (κ2) is 10.5. The van der Waals surface area contributed by atoms with Crippen molar-refractivity contribution in [2.45, 2.75) is 26.1 Å². The third kappa shape index (κ3) is 6.74. The first-order valence-corrected chi connectivity index (χ1v) is 9.52. The number of benzene rings is 2. The van der Waals surface area contributed by atoms with Crippen molar-refractivity contribution in [1.29, 1.82) is 5.26 Å². The second-order valence-electron chi connectivity index (χ2n) is 7.01. The average molecular weight is 433 g/mol. The van der Waals surface area contributed by atoms with Crippen LogP contribution in [0, 0.1) is 17.2 Å². The Morgan fingerprint density at radius 3 is 2.23 bits per heavy atom. The van der Waals surface area contributed by atoms with Crippen molar-refractivity contribution in [1.82, 2.24) is 10.6 Å². The zero-order valence-corrected chi connectivity index (χ0v) is 17.0. The Balaban J connectivity index is 1.86. The molecule has 9 heteroatoms. The summed E-state index contributed by atoms with van der Waals surface area (Å²) in [6.07, 6.45) is -5.32. The van der Waals surface area contributed by atoms with Gasteiger partial charge in [-0.05, 0) is 42.3 Å². The van der Waals surface area contributed by atoms with Gasteiger partial charge in [-0.25, -0.2) is 0 Å². The smallest absolute Gasteiger partial charge is 0.416 e. The van der Waals surface area contributed by atoms with Crippen LogP contribution in [0.1, 0.15) is 35.3 Å². The van der Waals surface area contributed by atoms with Gasteiger partial charge in [-0.3, -0.25) is 9.59 Å². The molecule has 31 heavy (non-hydrogen) atoms. The standard InChI is InChI=1S/C22H22F3N3O3/c1-14(2)19(31-18-6-4-3-5-16(18)13-26)21(30)28-12-11-27-20(29)15-7-9-17(10-8-15)22(23,24)25/h3-10,14,19H,11-12H2,1-2H3,(H,27,29)(H,28,30). The lowest BCUT2D eigenvalue weighted by Gasteiger charge is -2.22. The van der Waals surface area contributed by atoms with Crippen LogP contribution in [0.5, 0.6) is 5.75 Å². The molecule has 164 valence electrons. The lowest BCUT2D eigenvalue weighted by molar-refractivity contribution is -0.137. The number of para-hydroxylation sites is 1. The minimum atomic E-state index is -4.47. The second-order valence-corrected chi connectivity index (χ2v) is 7.01. The van der Waals surface area contributed by atoms with Gasteiger partial charge < -0.3 is 15.4 Å². The summed E-state index contributed by atoms with van der Waals surface area (Å²) in [6, 6.07) is 12.4. The van der Waals surface area contributed by atoms with Gasteiger partial charge in [-0.15, -0.1) is 0 Å². The highest BCUT2D eigenvalue weighted by Gasteiger charge is 2.30. The number of nitrogens with zero attached hydrogens (tertiary/aromatic N) is 1. The Labute approximate surface area is 178 Å². The zero-order chi connectivity index (χ0) is 23.0. The van der Waals surface area contributed by atoms with Gasteiger partial charge in [0.15, 0.2) is 6.10 Å². The third-order valence-electron chi connectivity index (χ3n) is 4.31. The number of halogens is 3. The molecule has 0 aliphatic heterocycles. The number of ether oxygens (including phenoxy) is 1. The summed E-state index contributed by atoms with van der Waals surface area (Å²) in [4.78, 5) is 24.5. The quantitative estimate of drug-likeness (QED) is 0.623. The molecule has 1 atom stereocenters. The van der Waals surface area contributed by atoms with E-state index < -0.39 is 29.7 Å². The summed E-state index contributed by atoms with van der Waals surface area (Å²) < 4.78 is 43.5. The fourth-order valence-corrected chi connectivity index (χ4v) is 2.67. The Morgan fingerprint density at radius 1 is 1.03 bits per heavy atom. The molecule has 0 bridgehead atoms. The SMILES string of the molecule is CC(C)C(Oc1ccccc1C#N)C(=O)NCCNC(=O)c1ccc(C(F)(F)F)cc1. The van der Waals surface area contributed by atoms with Gasteiger partial charge >= 0.3 is 6.18 Å². The first kappa shape index (κ1) is 23.7. The molecule has 0 aliphatic carbocycles. The number of nitrogens with one attached hydrogen (secondary N) is 2. The van der Waals surface area contributed by atoms with E-state index in [1.807, 2.05) is 6.07 Å². The van der Waals surface area contributed by atoms with Crippen molar-refractivity contribution in [3.63, 3.8) is 0 Å². The van der Waals surface area contributed by atoms with E-state index in [0.29, 0.717) is 11.3 Å². The van der Waals surface area contributed by atoms with E-state index in [4.69, 9.17) is 10.00 Å². The van der Waals surface area contributed by atoms with Crippen molar-refractivity contribution in [2.24, 2.45) is 5.92 Å². The van der Waals surface area contributed by atoms with Gasteiger partial charge in [0, 0.05) is 18.7 Å². The molecule has 0 radical (unpaired) electrons. The van der Waals surface area contributed by atoms with Crippen LogP contribution in [0.2, 0.25) is 0 Å². The number of alkyl halides is 3. The highest BCUT2D eigenvalue weighted by atomic mass is 19.4. The van der Waals surface area contributed by atoms with E-state index in [9.17, 15) is 22.8 Å². The number of hydrogen-bond donors (Lipinski definition) is 2. The molecule has 0 aliphatic rings. The van der Waals surface area contributed by atoms with E-state index in [-0.39, 0.29) is 24.6 Å². The average Bonchev–Trinajstić information content (AvgIpc) is 2.74. The molecule has 2 aromatic rings. The van der Waals surface area contributed by atoms with Crippen LogP contribution in [0.4, 0.5) is 13.2 Å². The summed E-state index contributed by atoms with van der Waals surface area (Å²) in [5.41, 5.74) is -0.449. The van der Waals surface area contributed by atoms with Crippen molar-refractivity contribution in [2.75, 3.05) is 13.1 Å². The summed E-state index contributed by atoms with van der Waals surface area (Å²) in [7, 11) is 0. The van der Waals surface area contributed by atoms with Crippen LogP contribution >= 0.6 is 0 Å². The van der Waals surface area contributed by atoms with Crippen LogP contribution in [0.3, 0.4) is 0 Å². The van der Waals surface area contributed by atoms with Gasteiger partial charge in [0.05, 0.1) is 11.1 Å². The Bertz CT molecular complexity index is 951. The molecule has 0 fully saturated rings. The number of rotatable bonds is 8. The molecular formula is C22H22F3N3O3. The Morgan fingerprint density at radius 2 is 1.65 bits per heavy atom. The normalized spacial score (nSPS) is 12.0. The number of carbonyl (C=O) groups is 2. The molecule has 2 N–H and O–H groups in total. The molecule has 2 rings (SSSR count).